The van der Waals surface area contributed by atoms with Crippen molar-refractivity contribution in [3.8, 4) is 0 Å². The van der Waals surface area contributed by atoms with Crippen LogP contribution in [0.25, 0.3) is 0 Å². The van der Waals surface area contributed by atoms with Gasteiger partial charge >= 0.3 is 18.1 Å². The van der Waals surface area contributed by atoms with Gasteiger partial charge in [-0.05, 0) is 40.3 Å². The molecule has 0 atom stereocenters. The topological polar surface area (TPSA) is 72.2 Å². The summed E-state index contributed by atoms with van der Waals surface area (Å²) in [5.41, 5.74) is 5.48. The number of nitrogens with two attached hydrogens (primary N) is 1. The van der Waals surface area contributed by atoms with Gasteiger partial charge in [-0.25, -0.2) is 0 Å². The molecule has 0 fully saturated rings. The highest BCUT2D eigenvalue weighted by Gasteiger charge is 2.39. The first-order valence-electron chi connectivity index (χ1n) is 7.23. The lowest BCUT2D eigenvalue weighted by Crippen LogP contribution is -2.46. The zero-order valence-corrected chi connectivity index (χ0v) is 16.1. The molecule has 0 spiro atoms. The van der Waals surface area contributed by atoms with Crippen molar-refractivity contribution in [2.75, 3.05) is 40.6 Å². The molecule has 0 saturated heterocycles. The average molecular weight is 328 g/mol. The fraction of sp³-hybridized carbons (Fsp3) is 1.00. The lowest BCUT2D eigenvalue weighted by Gasteiger charge is -2.28. The molecule has 0 bridgehead atoms. The molecule has 0 radical (unpaired) electrons. The third kappa shape index (κ3) is 12.0. The van der Waals surface area contributed by atoms with Crippen LogP contribution in [-0.2, 0) is 22.1 Å². The molecular weight excluding hydrogens is 294 g/mol. The Labute approximate surface area is 127 Å². The van der Waals surface area contributed by atoms with Crippen molar-refractivity contribution in [1.82, 2.24) is 0 Å². The Bertz CT molecular complexity index is 180. The van der Waals surface area contributed by atoms with E-state index in [2.05, 4.69) is 0 Å². The molecule has 2 N–H and O–H groups in total. The van der Waals surface area contributed by atoms with Gasteiger partial charge in [0.2, 0.25) is 0 Å². The fourth-order valence-corrected chi connectivity index (χ4v) is 4.25. The minimum Gasteiger partial charge on any atom is -0.400 e. The molecule has 0 aromatic heterocycles. The summed E-state index contributed by atoms with van der Waals surface area (Å²) < 4.78 is 26.6. The Morgan fingerprint density at radius 2 is 1.30 bits per heavy atom. The highest BCUT2D eigenvalue weighted by atomic mass is 28.4. The van der Waals surface area contributed by atoms with E-state index in [-0.39, 0.29) is 0 Å². The SMILES string of the molecule is CCO[Si](CCCN)(OCC)OCC.CO[SiH](C)OC. The summed E-state index contributed by atoms with van der Waals surface area (Å²) in [5.74, 6) is 0. The van der Waals surface area contributed by atoms with Crippen LogP contribution in [0.5, 0.6) is 0 Å². The maximum Gasteiger partial charge on any atom is 0.500 e. The molecule has 0 amide bonds. The molecule has 0 aliphatic rings. The second-order valence-corrected chi connectivity index (χ2v) is 8.72. The summed E-state index contributed by atoms with van der Waals surface area (Å²) in [6.07, 6.45) is 0.895. The zero-order valence-electron chi connectivity index (χ0n) is 13.9. The molecule has 0 aromatic rings. The molecule has 0 aliphatic carbocycles. The Morgan fingerprint density at radius 3 is 1.50 bits per heavy atom. The van der Waals surface area contributed by atoms with Gasteiger partial charge in [-0.1, -0.05) is 0 Å². The normalized spacial score (nSPS) is 11.4. The minimum atomic E-state index is -2.40. The van der Waals surface area contributed by atoms with Crippen LogP contribution >= 0.6 is 0 Å². The van der Waals surface area contributed by atoms with Crippen molar-refractivity contribution >= 4 is 18.1 Å². The largest absolute Gasteiger partial charge is 0.500 e. The molecule has 0 heterocycles. The lowest BCUT2D eigenvalue weighted by molar-refractivity contribution is 0.0710. The molecule has 0 unspecified atom stereocenters. The highest BCUT2D eigenvalue weighted by molar-refractivity contribution is 6.60. The number of rotatable bonds is 11. The van der Waals surface area contributed by atoms with Gasteiger partial charge in [0.25, 0.3) is 0 Å². The summed E-state index contributed by atoms with van der Waals surface area (Å²) in [5, 5.41) is 0. The van der Waals surface area contributed by atoms with Crippen LogP contribution in [0.2, 0.25) is 12.6 Å². The highest BCUT2D eigenvalue weighted by Crippen LogP contribution is 2.17. The third-order valence-corrected chi connectivity index (χ3v) is 6.92. The van der Waals surface area contributed by atoms with Crippen molar-refractivity contribution in [3.63, 3.8) is 0 Å². The van der Waals surface area contributed by atoms with Crippen molar-refractivity contribution < 1.29 is 22.1 Å². The molecule has 0 aliphatic heterocycles. The van der Waals surface area contributed by atoms with Gasteiger partial charge in [0.15, 0.2) is 0 Å². The molecule has 20 heavy (non-hydrogen) atoms. The van der Waals surface area contributed by atoms with E-state index in [1.165, 1.54) is 0 Å². The first-order valence-corrected chi connectivity index (χ1v) is 11.3. The summed E-state index contributed by atoms with van der Waals surface area (Å²) in [7, 11) is -0.223. The summed E-state index contributed by atoms with van der Waals surface area (Å²) in [6, 6.07) is 0.818. The van der Waals surface area contributed by atoms with Crippen molar-refractivity contribution in [2.24, 2.45) is 5.73 Å². The quantitative estimate of drug-likeness (QED) is 0.580. The van der Waals surface area contributed by atoms with Crippen LogP contribution in [0.15, 0.2) is 0 Å². The first kappa shape index (κ1) is 22.5. The maximum absolute atomic E-state index is 5.65. The number of hydrogen-bond acceptors (Lipinski definition) is 6. The Morgan fingerprint density at radius 1 is 0.900 bits per heavy atom. The summed E-state index contributed by atoms with van der Waals surface area (Å²) in [4.78, 5) is 0. The molecule has 6 nitrogen and oxygen atoms in total. The molecular formula is C12H33NO5Si2. The van der Waals surface area contributed by atoms with Gasteiger partial charge in [-0.15, -0.1) is 0 Å². The van der Waals surface area contributed by atoms with E-state index in [1.807, 2.05) is 27.3 Å². The van der Waals surface area contributed by atoms with E-state index in [0.29, 0.717) is 26.4 Å². The van der Waals surface area contributed by atoms with Crippen LogP contribution in [0.3, 0.4) is 0 Å². The maximum atomic E-state index is 5.65. The van der Waals surface area contributed by atoms with Gasteiger partial charge in [0, 0.05) is 40.1 Å². The van der Waals surface area contributed by atoms with Gasteiger partial charge < -0.3 is 27.9 Å². The lowest BCUT2D eigenvalue weighted by atomic mass is 10.5. The van der Waals surface area contributed by atoms with E-state index >= 15 is 0 Å². The van der Waals surface area contributed by atoms with Crippen molar-refractivity contribution in [1.29, 1.82) is 0 Å². The van der Waals surface area contributed by atoms with E-state index in [4.69, 9.17) is 27.9 Å². The monoisotopic (exact) mass is 327 g/mol. The van der Waals surface area contributed by atoms with Gasteiger partial charge in [-0.3, -0.25) is 0 Å². The zero-order chi connectivity index (χ0) is 15.9. The molecule has 0 rings (SSSR count). The van der Waals surface area contributed by atoms with Gasteiger partial charge in [0.1, 0.15) is 0 Å². The van der Waals surface area contributed by atoms with Gasteiger partial charge in [0.05, 0.1) is 0 Å². The van der Waals surface area contributed by atoms with Gasteiger partial charge in [-0.2, -0.15) is 0 Å². The van der Waals surface area contributed by atoms with Crippen LogP contribution in [-0.4, -0.2) is 58.7 Å². The van der Waals surface area contributed by atoms with Crippen molar-refractivity contribution in [3.05, 3.63) is 0 Å². The average Bonchev–Trinajstić information content (AvgIpc) is 2.46. The molecule has 0 saturated carbocycles. The summed E-state index contributed by atoms with van der Waals surface area (Å²) in [6.45, 7) is 10.4. The van der Waals surface area contributed by atoms with E-state index in [1.54, 1.807) is 14.2 Å². The van der Waals surface area contributed by atoms with E-state index in [9.17, 15) is 0 Å². The summed E-state index contributed by atoms with van der Waals surface area (Å²) >= 11 is 0. The van der Waals surface area contributed by atoms with Crippen molar-refractivity contribution in [2.45, 2.75) is 39.8 Å². The standard InChI is InChI=1S/C9H23NO3Si.C3H10O2Si/c1-4-11-14(12-5-2,13-6-3)9-7-8-10;1-4-6(3)5-2/h4-10H2,1-3H3;6H,1-3H3. The first-order chi connectivity index (χ1) is 9.55. The van der Waals surface area contributed by atoms with E-state index in [0.717, 1.165) is 12.5 Å². The molecule has 8 heteroatoms. The Kier molecular flexibility index (Phi) is 17.5. The van der Waals surface area contributed by atoms with Crippen LogP contribution in [0.4, 0.5) is 0 Å². The van der Waals surface area contributed by atoms with E-state index < -0.39 is 18.1 Å². The van der Waals surface area contributed by atoms with Crippen LogP contribution in [0.1, 0.15) is 27.2 Å². The number of hydrogen-bond donors (Lipinski definition) is 1. The molecule has 0 aromatic carbocycles. The van der Waals surface area contributed by atoms with Crippen LogP contribution in [0, 0.1) is 0 Å². The Hall–Kier alpha value is 0.194. The predicted octanol–water partition coefficient (Wildman–Crippen LogP) is 1.51. The second kappa shape index (κ2) is 15.6. The smallest absolute Gasteiger partial charge is 0.400 e. The van der Waals surface area contributed by atoms with Crippen LogP contribution < -0.4 is 5.73 Å². The molecule has 124 valence electrons. The third-order valence-electron chi connectivity index (χ3n) is 2.44. The second-order valence-electron chi connectivity index (χ2n) is 3.91. The minimum absolute atomic E-state index is 0.636. The Balaban J connectivity index is 0. The fourth-order valence-electron chi connectivity index (χ4n) is 1.42. The predicted molar refractivity (Wildman–Crippen MR) is 86.1 cm³/mol.